The van der Waals surface area contributed by atoms with E-state index in [9.17, 15) is 22.4 Å². The zero-order valence-electron chi connectivity index (χ0n) is 22.6. The number of hydrogen-bond acceptors (Lipinski definition) is 5. The number of hydrogen-bond donors (Lipinski definition) is 1. The smallest absolute Gasteiger partial charge is 0.242 e. The van der Waals surface area contributed by atoms with E-state index >= 15 is 0 Å². The van der Waals surface area contributed by atoms with Crippen LogP contribution in [0.1, 0.15) is 24.0 Å². The van der Waals surface area contributed by atoms with Crippen molar-refractivity contribution in [2.75, 3.05) is 31.3 Å². The van der Waals surface area contributed by atoms with Crippen LogP contribution in [-0.4, -0.2) is 58.1 Å². The van der Waals surface area contributed by atoms with Crippen molar-refractivity contribution in [1.29, 1.82) is 0 Å². The lowest BCUT2D eigenvalue weighted by Crippen LogP contribution is -2.49. The first-order chi connectivity index (χ1) is 19.0. The van der Waals surface area contributed by atoms with Gasteiger partial charge < -0.3 is 15.0 Å². The Morgan fingerprint density at radius 2 is 1.70 bits per heavy atom. The van der Waals surface area contributed by atoms with Crippen LogP contribution in [0.25, 0.3) is 0 Å². The molecular weight excluding hydrogens is 557 g/mol. The summed E-state index contributed by atoms with van der Waals surface area (Å²) in [5.41, 5.74) is 1.87. The molecule has 214 valence electrons. The summed E-state index contributed by atoms with van der Waals surface area (Å²) in [4.78, 5) is 28.1. The predicted molar refractivity (Wildman–Crippen MR) is 154 cm³/mol. The molecule has 0 fully saturated rings. The predicted octanol–water partition coefficient (Wildman–Crippen LogP) is 4.42. The summed E-state index contributed by atoms with van der Waals surface area (Å²) in [6.07, 6.45) is 1.50. The van der Waals surface area contributed by atoms with Crippen LogP contribution in [0, 0.1) is 5.82 Å². The Kier molecular flexibility index (Phi) is 10.9. The third kappa shape index (κ3) is 8.43. The molecule has 8 nitrogen and oxygen atoms in total. The molecule has 40 heavy (non-hydrogen) atoms. The molecule has 0 radical (unpaired) electrons. The van der Waals surface area contributed by atoms with Crippen LogP contribution in [0.3, 0.4) is 0 Å². The van der Waals surface area contributed by atoms with E-state index in [1.807, 2.05) is 30.3 Å². The van der Waals surface area contributed by atoms with Crippen molar-refractivity contribution in [3.05, 3.63) is 94.8 Å². The highest BCUT2D eigenvalue weighted by atomic mass is 35.5. The number of amides is 2. The normalized spacial score (nSPS) is 11.9. The molecule has 0 spiro atoms. The lowest BCUT2D eigenvalue weighted by Gasteiger charge is -2.31. The number of carbonyl (C=O) groups is 2. The van der Waals surface area contributed by atoms with Gasteiger partial charge in [0.15, 0.2) is 0 Å². The molecular formula is C29H33ClFN3O5S. The summed E-state index contributed by atoms with van der Waals surface area (Å²) < 4.78 is 45.0. The van der Waals surface area contributed by atoms with Crippen molar-refractivity contribution < 1.29 is 27.1 Å². The van der Waals surface area contributed by atoms with Gasteiger partial charge in [-0.2, -0.15) is 0 Å². The Balaban J connectivity index is 1.84. The number of nitrogens with one attached hydrogen (secondary N) is 1. The molecule has 1 unspecified atom stereocenters. The van der Waals surface area contributed by atoms with Crippen LogP contribution >= 0.6 is 11.6 Å². The van der Waals surface area contributed by atoms with Crippen LogP contribution in [0.15, 0.2) is 72.8 Å². The number of benzene rings is 3. The molecule has 0 aliphatic heterocycles. The van der Waals surface area contributed by atoms with Crippen LogP contribution < -0.4 is 14.4 Å². The Morgan fingerprint density at radius 3 is 2.27 bits per heavy atom. The van der Waals surface area contributed by atoms with Gasteiger partial charge in [-0.3, -0.25) is 13.9 Å². The molecule has 3 rings (SSSR count). The number of halogens is 2. The summed E-state index contributed by atoms with van der Waals surface area (Å²) in [7, 11) is -0.725. The van der Waals surface area contributed by atoms with E-state index in [2.05, 4.69) is 5.32 Å². The first-order valence-corrected chi connectivity index (χ1v) is 14.9. The molecule has 3 aromatic carbocycles. The minimum atomic E-state index is -3.69. The maximum Gasteiger partial charge on any atom is 0.242 e. The second-order valence-corrected chi connectivity index (χ2v) is 11.5. The van der Waals surface area contributed by atoms with Gasteiger partial charge in [-0.25, -0.2) is 12.8 Å². The van der Waals surface area contributed by atoms with Crippen LogP contribution in [-0.2, 0) is 32.6 Å². The van der Waals surface area contributed by atoms with Crippen LogP contribution in [0.5, 0.6) is 5.75 Å². The molecule has 0 heterocycles. The molecule has 0 aliphatic rings. The molecule has 0 bridgehead atoms. The molecule has 0 saturated heterocycles. The third-order valence-electron chi connectivity index (χ3n) is 6.36. The van der Waals surface area contributed by atoms with Gasteiger partial charge in [0.25, 0.3) is 0 Å². The summed E-state index contributed by atoms with van der Waals surface area (Å²) in [6.45, 7) is 0.0921. The van der Waals surface area contributed by atoms with E-state index in [1.165, 1.54) is 41.6 Å². The molecule has 0 aromatic heterocycles. The van der Waals surface area contributed by atoms with Gasteiger partial charge in [0.05, 0.1) is 24.1 Å². The molecule has 11 heteroatoms. The molecule has 0 aliphatic carbocycles. The van der Waals surface area contributed by atoms with Crippen molar-refractivity contribution in [3.8, 4) is 5.75 Å². The van der Waals surface area contributed by atoms with Gasteiger partial charge >= 0.3 is 0 Å². The average Bonchev–Trinajstić information content (AvgIpc) is 2.93. The fourth-order valence-corrected chi connectivity index (χ4v) is 5.53. The van der Waals surface area contributed by atoms with Gasteiger partial charge in [0.2, 0.25) is 21.8 Å². The number of likely N-dealkylation sites (N-methyl/N-ethyl adjacent to an activating group) is 1. The SMILES string of the molecule is CNC(=O)C(Cc1ccccc1)N(Cc1ccc(F)cc1)C(=O)CCCN(c1ccc(OC)c(Cl)c1)S(C)(=O)=O. The van der Waals surface area contributed by atoms with Gasteiger partial charge in [-0.15, -0.1) is 0 Å². The summed E-state index contributed by atoms with van der Waals surface area (Å²) >= 11 is 6.21. The van der Waals surface area contributed by atoms with Crippen LogP contribution in [0.2, 0.25) is 5.02 Å². The largest absolute Gasteiger partial charge is 0.495 e. The molecule has 1 atom stereocenters. The first-order valence-electron chi connectivity index (χ1n) is 12.6. The monoisotopic (exact) mass is 589 g/mol. The number of anilines is 1. The Morgan fingerprint density at radius 1 is 1.02 bits per heavy atom. The van der Waals surface area contributed by atoms with E-state index in [4.69, 9.17) is 16.3 Å². The van der Waals surface area contributed by atoms with E-state index < -0.39 is 21.9 Å². The van der Waals surface area contributed by atoms with Crippen LogP contribution in [0.4, 0.5) is 10.1 Å². The van der Waals surface area contributed by atoms with E-state index in [0.717, 1.165) is 11.8 Å². The van der Waals surface area contributed by atoms with E-state index in [0.29, 0.717) is 17.0 Å². The van der Waals surface area contributed by atoms with Crippen molar-refractivity contribution in [2.45, 2.75) is 31.8 Å². The highest BCUT2D eigenvalue weighted by molar-refractivity contribution is 7.92. The number of nitrogens with zero attached hydrogens (tertiary/aromatic N) is 2. The number of sulfonamides is 1. The van der Waals surface area contributed by atoms with Gasteiger partial charge in [0, 0.05) is 33.0 Å². The average molecular weight is 590 g/mol. The van der Waals surface area contributed by atoms with Crippen molar-refractivity contribution in [2.24, 2.45) is 0 Å². The lowest BCUT2D eigenvalue weighted by molar-refractivity contribution is -0.141. The molecule has 0 saturated carbocycles. The summed E-state index contributed by atoms with van der Waals surface area (Å²) in [5, 5.41) is 2.90. The topological polar surface area (TPSA) is 96.0 Å². The van der Waals surface area contributed by atoms with Gasteiger partial charge in [-0.1, -0.05) is 54.1 Å². The van der Waals surface area contributed by atoms with E-state index in [1.54, 1.807) is 24.3 Å². The maximum absolute atomic E-state index is 13.6. The van der Waals surface area contributed by atoms with Gasteiger partial charge in [0.1, 0.15) is 17.6 Å². The molecule has 3 aromatic rings. The first kappa shape index (κ1) is 30.9. The highest BCUT2D eigenvalue weighted by Gasteiger charge is 2.30. The maximum atomic E-state index is 13.6. The highest BCUT2D eigenvalue weighted by Crippen LogP contribution is 2.30. The number of ether oxygens (including phenoxy) is 1. The quantitative estimate of drug-likeness (QED) is 0.318. The number of rotatable bonds is 13. The fourth-order valence-electron chi connectivity index (χ4n) is 4.32. The van der Waals surface area contributed by atoms with Crippen molar-refractivity contribution in [3.63, 3.8) is 0 Å². The Labute approximate surface area is 239 Å². The lowest BCUT2D eigenvalue weighted by atomic mass is 10.0. The van der Waals surface area contributed by atoms with Crippen molar-refractivity contribution in [1.82, 2.24) is 10.2 Å². The number of methoxy groups -OCH3 is 1. The third-order valence-corrected chi connectivity index (χ3v) is 7.85. The zero-order valence-corrected chi connectivity index (χ0v) is 24.2. The number of carbonyl (C=O) groups excluding carboxylic acids is 2. The standard InChI is InChI=1S/C29H33ClFN3O5S/c1-32-29(36)26(18-21-8-5-4-6-9-21)33(20-22-11-13-23(31)14-12-22)28(35)10-7-17-34(40(3,37)38)24-15-16-27(39-2)25(30)19-24/h4-6,8-9,11-16,19,26H,7,10,17-18,20H2,1-3H3,(H,32,36). The molecule has 2 amide bonds. The Hall–Kier alpha value is -3.63. The minimum Gasteiger partial charge on any atom is -0.495 e. The van der Waals surface area contributed by atoms with E-state index in [-0.39, 0.29) is 49.2 Å². The second kappa shape index (κ2) is 14.1. The summed E-state index contributed by atoms with van der Waals surface area (Å²) in [5.74, 6) is -0.683. The second-order valence-electron chi connectivity index (χ2n) is 9.23. The van der Waals surface area contributed by atoms with Crippen molar-refractivity contribution >= 4 is 39.1 Å². The summed E-state index contributed by atoms with van der Waals surface area (Å²) in [6, 6.07) is 18.9. The zero-order chi connectivity index (χ0) is 29.3. The Bertz CT molecular complexity index is 1400. The minimum absolute atomic E-state index is 0.0148. The fraction of sp³-hybridized carbons (Fsp3) is 0.310. The molecule has 1 N–H and O–H groups in total. The van der Waals surface area contributed by atoms with Gasteiger partial charge in [-0.05, 0) is 47.9 Å².